The maximum atomic E-state index is 13.5. The van der Waals surface area contributed by atoms with Gasteiger partial charge in [-0.2, -0.15) is 0 Å². The molecule has 2 aromatic rings. The Morgan fingerprint density at radius 3 is 2.52 bits per heavy atom. The summed E-state index contributed by atoms with van der Waals surface area (Å²) in [6.45, 7) is 9.09. The molecule has 2 rings (SSSR count). The molecule has 0 amide bonds. The first kappa shape index (κ1) is 23.4. The lowest BCUT2D eigenvalue weighted by Gasteiger charge is -2.25. The minimum atomic E-state index is -1.15. The van der Waals surface area contributed by atoms with E-state index >= 15 is 0 Å². The maximum absolute atomic E-state index is 13.5. The fourth-order valence-corrected chi connectivity index (χ4v) is 2.55. The molecule has 0 bridgehead atoms. The van der Waals surface area contributed by atoms with Crippen LogP contribution in [0.15, 0.2) is 52.1 Å². The molecule has 0 radical (unpaired) electrons. The largest absolute Gasteiger partial charge is 0.466 e. The topological polar surface area (TPSA) is 69.8 Å². The molecule has 0 spiro atoms. The summed E-state index contributed by atoms with van der Waals surface area (Å²) in [6, 6.07) is 10.1. The van der Waals surface area contributed by atoms with Crippen LogP contribution in [0.25, 0.3) is 0 Å². The molecule has 1 aromatic carbocycles. The Labute approximate surface area is 177 Å². The second kappa shape index (κ2) is 10.1. The van der Waals surface area contributed by atoms with Gasteiger partial charge in [-0.05, 0) is 43.7 Å². The minimum absolute atomic E-state index is 0. The molecule has 0 aliphatic rings. The number of aliphatic hydroxyl groups is 1. The van der Waals surface area contributed by atoms with Gasteiger partial charge in [-0.15, -0.1) is 24.0 Å². The van der Waals surface area contributed by atoms with Crippen molar-refractivity contribution in [2.75, 3.05) is 19.6 Å². The van der Waals surface area contributed by atoms with Crippen molar-refractivity contribution in [3.8, 4) is 0 Å². The average molecular weight is 489 g/mol. The normalized spacial score (nSPS) is 14.2. The van der Waals surface area contributed by atoms with Gasteiger partial charge in [0.1, 0.15) is 17.2 Å². The van der Waals surface area contributed by atoms with E-state index in [1.54, 1.807) is 25.1 Å². The second-order valence-corrected chi connectivity index (χ2v) is 7.19. The van der Waals surface area contributed by atoms with E-state index in [1.807, 2.05) is 26.8 Å². The number of furan rings is 1. The predicted octanol–water partition coefficient (Wildman–Crippen LogP) is 3.78. The number of hydrogen-bond donors (Lipinski definition) is 3. The summed E-state index contributed by atoms with van der Waals surface area (Å²) < 4.78 is 18.8. The van der Waals surface area contributed by atoms with Gasteiger partial charge in [0.05, 0.1) is 19.4 Å². The van der Waals surface area contributed by atoms with Crippen molar-refractivity contribution in [1.29, 1.82) is 0 Å². The molecule has 0 saturated carbocycles. The van der Waals surface area contributed by atoms with Crippen molar-refractivity contribution in [2.45, 2.75) is 38.7 Å². The number of benzene rings is 1. The minimum Gasteiger partial charge on any atom is -0.466 e. The molecular weight excluding hydrogens is 460 g/mol. The fraction of sp³-hybridized carbons (Fsp3) is 0.450. The zero-order valence-corrected chi connectivity index (χ0v) is 18.6. The van der Waals surface area contributed by atoms with Gasteiger partial charge in [-0.3, -0.25) is 4.99 Å². The first-order valence-electron chi connectivity index (χ1n) is 8.79. The second-order valence-electron chi connectivity index (χ2n) is 7.19. The van der Waals surface area contributed by atoms with E-state index in [0.29, 0.717) is 24.8 Å². The van der Waals surface area contributed by atoms with Gasteiger partial charge >= 0.3 is 0 Å². The summed E-state index contributed by atoms with van der Waals surface area (Å²) >= 11 is 0. The van der Waals surface area contributed by atoms with E-state index in [-0.39, 0.29) is 41.8 Å². The lowest BCUT2D eigenvalue weighted by atomic mass is 9.85. The molecule has 0 fully saturated rings. The summed E-state index contributed by atoms with van der Waals surface area (Å²) in [5.74, 6) is 0.823. The van der Waals surface area contributed by atoms with Crippen molar-refractivity contribution in [3.05, 3.63) is 59.8 Å². The van der Waals surface area contributed by atoms with E-state index in [9.17, 15) is 9.50 Å². The quantitative estimate of drug-likeness (QED) is 0.315. The van der Waals surface area contributed by atoms with Crippen molar-refractivity contribution < 1.29 is 13.9 Å². The van der Waals surface area contributed by atoms with E-state index in [1.165, 1.54) is 18.4 Å². The SMILES string of the molecule is CCNC(=NCC(C)(C)c1cccc(F)c1)NCC(C)(O)c1ccco1.I. The summed E-state index contributed by atoms with van der Waals surface area (Å²) in [5.41, 5.74) is -0.592. The lowest BCUT2D eigenvalue weighted by molar-refractivity contribution is 0.0386. The summed E-state index contributed by atoms with van der Waals surface area (Å²) in [6.07, 6.45) is 1.53. The summed E-state index contributed by atoms with van der Waals surface area (Å²) in [4.78, 5) is 4.61. The number of nitrogens with zero attached hydrogens (tertiary/aromatic N) is 1. The van der Waals surface area contributed by atoms with E-state index in [2.05, 4.69) is 15.6 Å². The van der Waals surface area contributed by atoms with Crippen LogP contribution in [0.3, 0.4) is 0 Å². The van der Waals surface area contributed by atoms with Gasteiger partial charge < -0.3 is 20.2 Å². The van der Waals surface area contributed by atoms with Crippen LogP contribution in [0.4, 0.5) is 4.39 Å². The van der Waals surface area contributed by atoms with Gasteiger partial charge in [0, 0.05) is 12.0 Å². The van der Waals surface area contributed by atoms with Crippen molar-refractivity contribution in [1.82, 2.24) is 10.6 Å². The van der Waals surface area contributed by atoms with E-state index in [4.69, 9.17) is 4.42 Å². The predicted molar refractivity (Wildman–Crippen MR) is 117 cm³/mol. The van der Waals surface area contributed by atoms with Crippen LogP contribution in [-0.4, -0.2) is 30.7 Å². The van der Waals surface area contributed by atoms with E-state index in [0.717, 1.165) is 5.56 Å². The first-order valence-corrected chi connectivity index (χ1v) is 8.79. The first-order chi connectivity index (χ1) is 12.2. The molecule has 7 heteroatoms. The van der Waals surface area contributed by atoms with Crippen molar-refractivity contribution >= 4 is 29.9 Å². The summed E-state index contributed by atoms with van der Waals surface area (Å²) in [5, 5.41) is 16.8. The molecule has 0 aliphatic heterocycles. The molecule has 1 aromatic heterocycles. The Kier molecular flexibility index (Phi) is 8.74. The number of rotatable bonds is 7. The fourth-order valence-electron chi connectivity index (χ4n) is 2.55. The Morgan fingerprint density at radius 2 is 1.93 bits per heavy atom. The third kappa shape index (κ3) is 6.80. The average Bonchev–Trinajstić information content (AvgIpc) is 3.13. The monoisotopic (exact) mass is 489 g/mol. The molecule has 5 nitrogen and oxygen atoms in total. The van der Waals surface area contributed by atoms with Crippen LogP contribution in [0.2, 0.25) is 0 Å². The van der Waals surface area contributed by atoms with Crippen LogP contribution in [0.5, 0.6) is 0 Å². The number of aliphatic imine (C=N–C) groups is 1. The smallest absolute Gasteiger partial charge is 0.191 e. The van der Waals surface area contributed by atoms with Gasteiger partial charge in [-0.25, -0.2) is 4.39 Å². The molecule has 0 saturated heterocycles. The zero-order valence-electron chi connectivity index (χ0n) is 16.3. The van der Waals surface area contributed by atoms with Crippen LogP contribution in [0.1, 0.15) is 39.0 Å². The highest BCUT2D eigenvalue weighted by Crippen LogP contribution is 2.24. The van der Waals surface area contributed by atoms with Gasteiger partial charge in [0.25, 0.3) is 0 Å². The van der Waals surface area contributed by atoms with Crippen molar-refractivity contribution in [3.63, 3.8) is 0 Å². The Morgan fingerprint density at radius 1 is 1.19 bits per heavy atom. The number of guanidine groups is 1. The molecular formula is C20H29FIN3O2. The molecule has 3 N–H and O–H groups in total. The van der Waals surface area contributed by atoms with Crippen LogP contribution in [-0.2, 0) is 11.0 Å². The maximum Gasteiger partial charge on any atom is 0.191 e. The van der Waals surface area contributed by atoms with E-state index < -0.39 is 5.60 Å². The third-order valence-electron chi connectivity index (χ3n) is 4.23. The number of nitrogens with one attached hydrogen (secondary N) is 2. The van der Waals surface area contributed by atoms with Crippen LogP contribution < -0.4 is 10.6 Å². The molecule has 150 valence electrons. The van der Waals surface area contributed by atoms with Gasteiger partial charge in [0.15, 0.2) is 5.96 Å². The summed E-state index contributed by atoms with van der Waals surface area (Å²) in [7, 11) is 0. The molecule has 1 atom stereocenters. The molecule has 0 aliphatic carbocycles. The standard InChI is InChI=1S/C20H28FN3O2.HI/c1-5-22-18(24-14-20(4,25)17-10-7-11-26-17)23-13-19(2,3)15-8-6-9-16(21)12-15;/h6-12,25H,5,13-14H2,1-4H3,(H2,22,23,24);1H. The Bertz CT molecular complexity index is 731. The Balaban J connectivity index is 0.00000364. The highest BCUT2D eigenvalue weighted by molar-refractivity contribution is 14.0. The zero-order chi connectivity index (χ0) is 19.2. The molecule has 1 heterocycles. The molecule has 1 unspecified atom stereocenters. The lowest BCUT2D eigenvalue weighted by Crippen LogP contribution is -2.45. The highest BCUT2D eigenvalue weighted by atomic mass is 127. The number of hydrogen-bond acceptors (Lipinski definition) is 3. The van der Waals surface area contributed by atoms with Crippen LogP contribution >= 0.6 is 24.0 Å². The Hall–Kier alpha value is -1.61. The van der Waals surface area contributed by atoms with Gasteiger partial charge in [-0.1, -0.05) is 26.0 Å². The third-order valence-corrected chi connectivity index (χ3v) is 4.23. The highest BCUT2D eigenvalue weighted by Gasteiger charge is 2.27. The van der Waals surface area contributed by atoms with Crippen molar-refractivity contribution in [2.24, 2.45) is 4.99 Å². The molecule has 27 heavy (non-hydrogen) atoms. The van der Waals surface area contributed by atoms with Crippen LogP contribution in [0, 0.1) is 5.82 Å². The van der Waals surface area contributed by atoms with Gasteiger partial charge in [0.2, 0.25) is 0 Å². The number of halogens is 2.